The summed E-state index contributed by atoms with van der Waals surface area (Å²) in [6.45, 7) is 1.99. The zero-order valence-electron chi connectivity index (χ0n) is 18.0. The van der Waals surface area contributed by atoms with E-state index in [1.165, 1.54) is 6.21 Å². The molecule has 0 aliphatic heterocycles. The molecular formula is C24H20BrCl2N3O4. The zero-order chi connectivity index (χ0) is 24.5. The number of amides is 2. The summed E-state index contributed by atoms with van der Waals surface area (Å²) in [5, 5.41) is 7.41. The molecule has 176 valence electrons. The van der Waals surface area contributed by atoms with Crippen molar-refractivity contribution in [3.8, 4) is 11.5 Å². The SMILES string of the molecule is CCOc1cc(/C=N/NC(=O)c2ccc(Br)cc2)ccc1OCC(=O)Nc1ccc(Cl)c(Cl)c1. The van der Waals surface area contributed by atoms with Gasteiger partial charge < -0.3 is 14.8 Å². The van der Waals surface area contributed by atoms with Crippen LogP contribution in [-0.2, 0) is 4.79 Å². The predicted molar refractivity (Wildman–Crippen MR) is 137 cm³/mol. The van der Waals surface area contributed by atoms with Crippen molar-refractivity contribution < 1.29 is 19.1 Å². The van der Waals surface area contributed by atoms with E-state index in [0.29, 0.717) is 45.0 Å². The van der Waals surface area contributed by atoms with Gasteiger partial charge in [-0.25, -0.2) is 5.43 Å². The number of hydrogen-bond donors (Lipinski definition) is 2. The number of rotatable bonds is 9. The van der Waals surface area contributed by atoms with Crippen LogP contribution < -0.4 is 20.2 Å². The quantitative estimate of drug-likeness (QED) is 0.249. The lowest BCUT2D eigenvalue weighted by Gasteiger charge is -2.13. The summed E-state index contributed by atoms with van der Waals surface area (Å²) in [5.41, 5.74) is 4.14. The standard InChI is InChI=1S/C24H20BrCl2N3O4/c1-2-33-22-11-15(13-28-30-24(32)16-4-6-17(25)7-5-16)3-10-21(22)34-14-23(31)29-18-8-9-19(26)20(27)12-18/h3-13H,2,14H2,1H3,(H,29,31)(H,30,32)/b28-13+. The van der Waals surface area contributed by atoms with Crippen molar-refractivity contribution in [1.29, 1.82) is 0 Å². The molecule has 2 amide bonds. The Morgan fingerprint density at radius 3 is 2.44 bits per heavy atom. The number of nitrogens with zero attached hydrogens (tertiary/aromatic N) is 1. The first-order valence-corrected chi connectivity index (χ1v) is 11.6. The lowest BCUT2D eigenvalue weighted by molar-refractivity contribution is -0.118. The molecule has 0 bridgehead atoms. The maximum atomic E-state index is 12.2. The first-order valence-electron chi connectivity index (χ1n) is 10.1. The van der Waals surface area contributed by atoms with E-state index in [2.05, 4.69) is 31.8 Å². The van der Waals surface area contributed by atoms with Gasteiger partial charge in [-0.3, -0.25) is 9.59 Å². The number of carbonyl (C=O) groups is 2. The third kappa shape index (κ3) is 7.48. The van der Waals surface area contributed by atoms with Gasteiger partial charge in [-0.2, -0.15) is 5.10 Å². The number of hydrazone groups is 1. The van der Waals surface area contributed by atoms with Crippen LogP contribution in [0.2, 0.25) is 10.0 Å². The number of hydrogen-bond acceptors (Lipinski definition) is 5. The number of nitrogens with one attached hydrogen (secondary N) is 2. The minimum atomic E-state index is -0.373. The Balaban J connectivity index is 1.59. The summed E-state index contributed by atoms with van der Waals surface area (Å²) in [6.07, 6.45) is 1.49. The van der Waals surface area contributed by atoms with E-state index in [4.69, 9.17) is 32.7 Å². The van der Waals surface area contributed by atoms with Gasteiger partial charge in [0.05, 0.1) is 22.9 Å². The second-order valence-corrected chi connectivity index (χ2v) is 8.54. The fraction of sp³-hybridized carbons (Fsp3) is 0.125. The largest absolute Gasteiger partial charge is 0.490 e. The molecule has 34 heavy (non-hydrogen) atoms. The highest BCUT2D eigenvalue weighted by molar-refractivity contribution is 9.10. The van der Waals surface area contributed by atoms with Gasteiger partial charge >= 0.3 is 0 Å². The molecule has 0 saturated carbocycles. The van der Waals surface area contributed by atoms with E-state index >= 15 is 0 Å². The summed E-state index contributed by atoms with van der Waals surface area (Å²) < 4.78 is 12.1. The summed E-state index contributed by atoms with van der Waals surface area (Å²) in [7, 11) is 0. The van der Waals surface area contributed by atoms with E-state index < -0.39 is 0 Å². The van der Waals surface area contributed by atoms with Crippen LogP contribution in [0.3, 0.4) is 0 Å². The first kappa shape index (κ1) is 25.6. The highest BCUT2D eigenvalue weighted by atomic mass is 79.9. The van der Waals surface area contributed by atoms with Crippen LogP contribution in [-0.4, -0.2) is 31.2 Å². The van der Waals surface area contributed by atoms with Crippen LogP contribution in [0, 0.1) is 0 Å². The molecule has 0 spiro atoms. The predicted octanol–water partition coefficient (Wildman–Crippen LogP) is 5.94. The Morgan fingerprint density at radius 2 is 1.74 bits per heavy atom. The average molecular weight is 565 g/mol. The van der Waals surface area contributed by atoms with E-state index in [1.54, 1.807) is 60.7 Å². The lowest BCUT2D eigenvalue weighted by Crippen LogP contribution is -2.20. The molecule has 0 aliphatic carbocycles. The van der Waals surface area contributed by atoms with Crippen molar-refractivity contribution in [2.75, 3.05) is 18.5 Å². The number of carbonyl (C=O) groups excluding carboxylic acids is 2. The average Bonchev–Trinajstić information content (AvgIpc) is 2.81. The first-order chi connectivity index (χ1) is 16.4. The molecule has 3 aromatic rings. The smallest absolute Gasteiger partial charge is 0.271 e. The van der Waals surface area contributed by atoms with Gasteiger partial charge in [0, 0.05) is 15.7 Å². The lowest BCUT2D eigenvalue weighted by atomic mass is 10.2. The van der Waals surface area contributed by atoms with Gasteiger partial charge in [-0.1, -0.05) is 39.1 Å². The molecule has 0 radical (unpaired) electrons. The molecule has 2 N–H and O–H groups in total. The fourth-order valence-electron chi connectivity index (χ4n) is 2.74. The molecule has 10 heteroatoms. The van der Waals surface area contributed by atoms with Crippen molar-refractivity contribution in [2.24, 2.45) is 5.10 Å². The molecule has 0 heterocycles. The maximum Gasteiger partial charge on any atom is 0.271 e. The van der Waals surface area contributed by atoms with Crippen molar-refractivity contribution >= 4 is 62.8 Å². The van der Waals surface area contributed by atoms with Gasteiger partial charge in [0.15, 0.2) is 18.1 Å². The van der Waals surface area contributed by atoms with Crippen LogP contribution in [0.25, 0.3) is 0 Å². The van der Waals surface area contributed by atoms with Crippen LogP contribution in [0.5, 0.6) is 11.5 Å². The van der Waals surface area contributed by atoms with Crippen LogP contribution in [0.4, 0.5) is 5.69 Å². The van der Waals surface area contributed by atoms with Crippen LogP contribution in [0.15, 0.2) is 70.2 Å². The van der Waals surface area contributed by atoms with Gasteiger partial charge in [0.25, 0.3) is 11.8 Å². The Hall–Kier alpha value is -3.07. The normalized spacial score (nSPS) is 10.7. The summed E-state index contributed by atoms with van der Waals surface area (Å²) in [5.74, 6) is 0.124. The molecular weight excluding hydrogens is 545 g/mol. The number of halogens is 3. The summed E-state index contributed by atoms with van der Waals surface area (Å²) in [4.78, 5) is 24.4. The highest BCUT2D eigenvalue weighted by Gasteiger charge is 2.10. The molecule has 0 aliphatic rings. The molecule has 3 aromatic carbocycles. The Morgan fingerprint density at radius 1 is 0.971 bits per heavy atom. The molecule has 0 aromatic heterocycles. The van der Waals surface area contributed by atoms with Crippen molar-refractivity contribution in [3.63, 3.8) is 0 Å². The highest BCUT2D eigenvalue weighted by Crippen LogP contribution is 2.28. The van der Waals surface area contributed by atoms with Crippen molar-refractivity contribution in [3.05, 3.63) is 86.3 Å². The minimum absolute atomic E-state index is 0.239. The van der Waals surface area contributed by atoms with E-state index in [0.717, 1.165) is 4.47 Å². The van der Waals surface area contributed by atoms with Crippen molar-refractivity contribution in [1.82, 2.24) is 5.43 Å². The van der Waals surface area contributed by atoms with Gasteiger partial charge in [0.2, 0.25) is 0 Å². The Labute approximate surface area is 215 Å². The molecule has 7 nitrogen and oxygen atoms in total. The third-order valence-electron chi connectivity index (χ3n) is 4.32. The fourth-order valence-corrected chi connectivity index (χ4v) is 3.30. The van der Waals surface area contributed by atoms with Gasteiger partial charge in [-0.05, 0) is 73.2 Å². The minimum Gasteiger partial charge on any atom is -0.490 e. The second-order valence-electron chi connectivity index (χ2n) is 6.81. The zero-order valence-corrected chi connectivity index (χ0v) is 21.1. The molecule has 0 atom stereocenters. The number of ether oxygens (including phenoxy) is 2. The van der Waals surface area contributed by atoms with Gasteiger partial charge in [0.1, 0.15) is 0 Å². The maximum absolute atomic E-state index is 12.2. The third-order valence-corrected chi connectivity index (χ3v) is 5.58. The topological polar surface area (TPSA) is 89.0 Å². The Bertz CT molecular complexity index is 1200. The molecule has 0 saturated heterocycles. The Kier molecular flexibility index (Phi) is 9.33. The molecule has 0 fully saturated rings. The second kappa shape index (κ2) is 12.4. The van der Waals surface area contributed by atoms with E-state index in [-0.39, 0.29) is 18.4 Å². The molecule has 0 unspecified atom stereocenters. The van der Waals surface area contributed by atoms with Crippen molar-refractivity contribution in [2.45, 2.75) is 6.92 Å². The van der Waals surface area contributed by atoms with Crippen LogP contribution >= 0.6 is 39.1 Å². The van der Waals surface area contributed by atoms with E-state index in [1.807, 2.05) is 6.92 Å². The van der Waals surface area contributed by atoms with Crippen LogP contribution in [0.1, 0.15) is 22.8 Å². The van der Waals surface area contributed by atoms with Gasteiger partial charge in [-0.15, -0.1) is 0 Å². The molecule has 3 rings (SSSR count). The van der Waals surface area contributed by atoms with E-state index in [9.17, 15) is 9.59 Å². The summed E-state index contributed by atoms with van der Waals surface area (Å²) >= 11 is 15.2. The summed E-state index contributed by atoms with van der Waals surface area (Å²) in [6, 6.07) is 16.8. The number of benzene rings is 3. The number of anilines is 1. The monoisotopic (exact) mass is 563 g/mol.